The zero-order chi connectivity index (χ0) is 31.6. The van der Waals surface area contributed by atoms with Crippen molar-refractivity contribution >= 4 is 33.5 Å². The molecule has 0 bridgehead atoms. The molecule has 0 radical (unpaired) electrons. The van der Waals surface area contributed by atoms with Gasteiger partial charge in [0.1, 0.15) is 0 Å². The Morgan fingerprint density at radius 3 is 1.73 bits per heavy atom. The van der Waals surface area contributed by atoms with Crippen LogP contribution >= 0.6 is 0 Å². The molecule has 0 unspecified atom stereocenters. The van der Waals surface area contributed by atoms with E-state index in [-0.39, 0.29) is 17.2 Å². The van der Waals surface area contributed by atoms with Gasteiger partial charge in [0.05, 0.1) is 28.2 Å². The van der Waals surface area contributed by atoms with Gasteiger partial charge in [-0.25, -0.2) is 0 Å². The van der Waals surface area contributed by atoms with Crippen molar-refractivity contribution in [2.45, 2.75) is 110 Å². The minimum Gasteiger partial charge on any atom is -0.504 e. The largest absolute Gasteiger partial charge is 0.504 e. The molecule has 238 valence electrons. The number of phenols is 1. The fraction of sp³-hybridized carbons (Fsp3) is 0.529. The van der Waals surface area contributed by atoms with Gasteiger partial charge in [-0.05, 0) is 12.5 Å². The van der Waals surface area contributed by atoms with Crippen LogP contribution in [-0.4, -0.2) is 21.6 Å². The number of nitrogens with zero attached hydrogens (tertiary/aromatic N) is 4. The van der Waals surface area contributed by atoms with E-state index in [1.165, 1.54) is 89.5 Å². The first kappa shape index (κ1) is 34.4. The first-order valence-electron chi connectivity index (χ1n) is 16.1. The number of hydrogen-bond donors (Lipinski definition) is 1. The zero-order valence-electron chi connectivity index (χ0n) is 25.9. The van der Waals surface area contributed by atoms with E-state index in [0.717, 1.165) is 31.4 Å². The van der Waals surface area contributed by atoms with E-state index >= 15 is 0 Å². The highest BCUT2D eigenvalue weighted by Crippen LogP contribution is 2.42. The van der Waals surface area contributed by atoms with Gasteiger partial charge >= 0.3 is 5.69 Å². The molecule has 0 amide bonds. The number of hydrogen-bond acceptors (Lipinski definition) is 8. The second-order valence-electron chi connectivity index (χ2n) is 11.3. The predicted octanol–water partition coefficient (Wildman–Crippen LogP) is 11.4. The van der Waals surface area contributed by atoms with E-state index in [1.807, 2.05) is 0 Å². The van der Waals surface area contributed by atoms with E-state index in [1.54, 1.807) is 30.3 Å². The van der Waals surface area contributed by atoms with Crippen LogP contribution < -0.4 is 4.74 Å². The molecule has 0 fully saturated rings. The number of nitro groups is 2. The quantitative estimate of drug-likeness (QED) is 0.0522. The summed E-state index contributed by atoms with van der Waals surface area (Å²) in [5, 5.41) is 42.7. The molecule has 0 saturated carbocycles. The molecule has 0 aliphatic rings. The minimum absolute atomic E-state index is 0.00244. The van der Waals surface area contributed by atoms with Gasteiger partial charge in [0.15, 0.2) is 17.2 Å². The molecule has 0 aromatic heterocycles. The Bertz CT molecular complexity index is 1380. The molecule has 1 N–H and O–H groups in total. The fourth-order valence-electron chi connectivity index (χ4n) is 5.30. The zero-order valence-corrected chi connectivity index (χ0v) is 25.9. The van der Waals surface area contributed by atoms with Crippen LogP contribution in [0, 0.1) is 20.2 Å². The first-order valence-corrected chi connectivity index (χ1v) is 16.1. The molecular formula is C34H46N4O6. The van der Waals surface area contributed by atoms with Crippen molar-refractivity contribution in [3.05, 3.63) is 68.8 Å². The molecule has 0 atom stereocenters. The number of non-ortho nitro benzene ring substituents is 1. The van der Waals surface area contributed by atoms with Gasteiger partial charge in [-0.2, -0.15) is 0 Å². The van der Waals surface area contributed by atoms with E-state index in [2.05, 4.69) is 17.2 Å². The summed E-state index contributed by atoms with van der Waals surface area (Å²) in [6.45, 7) is 2.70. The van der Waals surface area contributed by atoms with E-state index < -0.39 is 21.2 Å². The number of rotatable bonds is 22. The molecule has 3 rings (SSSR count). The lowest BCUT2D eigenvalue weighted by molar-refractivity contribution is -0.393. The van der Waals surface area contributed by atoms with Gasteiger partial charge in [-0.3, -0.25) is 20.2 Å². The van der Waals surface area contributed by atoms with Crippen molar-refractivity contribution in [1.29, 1.82) is 0 Å². The van der Waals surface area contributed by atoms with Crippen LogP contribution in [0.5, 0.6) is 11.5 Å². The molecule has 44 heavy (non-hydrogen) atoms. The lowest BCUT2D eigenvalue weighted by atomic mass is 10.0. The smallest absolute Gasteiger partial charge is 0.303 e. The summed E-state index contributed by atoms with van der Waals surface area (Å²) < 4.78 is 5.93. The molecule has 0 aliphatic carbocycles. The van der Waals surface area contributed by atoms with Crippen molar-refractivity contribution < 1.29 is 19.7 Å². The van der Waals surface area contributed by atoms with Crippen LogP contribution in [0.4, 0.5) is 22.7 Å². The minimum atomic E-state index is -0.733. The van der Waals surface area contributed by atoms with Gasteiger partial charge in [0, 0.05) is 22.9 Å². The molecule has 10 nitrogen and oxygen atoms in total. The highest BCUT2D eigenvalue weighted by atomic mass is 16.6. The SMILES string of the molecule is CCCCCCCCCCCCCCCCCCOc1cc(/N=N/c2ccc([N+](=O)[O-])cc2[N+](=O)[O-])c2ccccc2c1O. The Hall–Kier alpha value is -4.08. The first-order chi connectivity index (χ1) is 21.4. The Kier molecular flexibility index (Phi) is 15.1. The van der Waals surface area contributed by atoms with Crippen molar-refractivity contribution in [3.8, 4) is 11.5 Å². The summed E-state index contributed by atoms with van der Waals surface area (Å²) in [5.41, 5.74) is -0.692. The Balaban J connectivity index is 1.44. The Morgan fingerprint density at radius 2 is 1.18 bits per heavy atom. The number of phenolic OH excluding ortho intramolecular Hbond substituents is 1. The number of unbranched alkanes of at least 4 members (excludes halogenated alkanes) is 15. The summed E-state index contributed by atoms with van der Waals surface area (Å²) in [5.74, 6) is 0.258. The van der Waals surface area contributed by atoms with Gasteiger partial charge in [0.2, 0.25) is 0 Å². The Labute approximate surface area is 259 Å². The van der Waals surface area contributed by atoms with Crippen molar-refractivity contribution in [1.82, 2.24) is 0 Å². The summed E-state index contributed by atoms with van der Waals surface area (Å²) in [6.07, 6.45) is 20.5. The van der Waals surface area contributed by atoms with Crippen LogP contribution in [-0.2, 0) is 0 Å². The number of benzene rings is 3. The van der Waals surface area contributed by atoms with E-state index in [0.29, 0.717) is 23.1 Å². The number of ether oxygens (including phenoxy) is 1. The molecule has 0 heterocycles. The summed E-state index contributed by atoms with van der Waals surface area (Å²) in [6, 6.07) is 11.8. The second-order valence-corrected chi connectivity index (χ2v) is 11.3. The fourth-order valence-corrected chi connectivity index (χ4v) is 5.30. The van der Waals surface area contributed by atoms with Crippen LogP contribution in [0.25, 0.3) is 10.8 Å². The summed E-state index contributed by atoms with van der Waals surface area (Å²) >= 11 is 0. The van der Waals surface area contributed by atoms with Crippen LogP contribution in [0.3, 0.4) is 0 Å². The monoisotopic (exact) mass is 606 g/mol. The topological polar surface area (TPSA) is 140 Å². The lowest BCUT2D eigenvalue weighted by Gasteiger charge is -2.12. The molecule has 3 aromatic carbocycles. The summed E-state index contributed by atoms with van der Waals surface area (Å²) in [7, 11) is 0. The standard InChI is InChI=1S/C34H46N4O6/c1-2-3-4-5-6-7-8-9-10-11-12-13-14-15-16-19-24-44-33-26-31(28-20-17-18-21-29(28)34(33)39)36-35-30-23-22-27(37(40)41)25-32(30)38(42)43/h17-18,20-23,25-26,39H,2-16,19,24H2,1H3/b36-35+. The van der Waals surface area contributed by atoms with E-state index in [9.17, 15) is 25.3 Å². The predicted molar refractivity (Wildman–Crippen MR) is 175 cm³/mol. The van der Waals surface area contributed by atoms with Gasteiger partial charge in [0.25, 0.3) is 5.69 Å². The van der Waals surface area contributed by atoms with Gasteiger partial charge in [-0.15, -0.1) is 10.2 Å². The third-order valence-electron chi connectivity index (χ3n) is 7.85. The molecule has 0 spiro atoms. The average molecular weight is 607 g/mol. The average Bonchev–Trinajstić information content (AvgIpc) is 3.02. The van der Waals surface area contributed by atoms with Crippen molar-refractivity contribution in [3.63, 3.8) is 0 Å². The number of fused-ring (bicyclic) bond motifs is 1. The van der Waals surface area contributed by atoms with Crippen molar-refractivity contribution in [2.75, 3.05) is 6.61 Å². The van der Waals surface area contributed by atoms with Crippen LogP contribution in [0.2, 0.25) is 0 Å². The second kappa shape index (κ2) is 19.2. The normalized spacial score (nSPS) is 11.4. The maximum Gasteiger partial charge on any atom is 0.303 e. The van der Waals surface area contributed by atoms with Crippen molar-refractivity contribution in [2.24, 2.45) is 10.2 Å². The number of azo groups is 1. The Morgan fingerprint density at radius 1 is 0.659 bits per heavy atom. The third-order valence-corrected chi connectivity index (χ3v) is 7.85. The maximum atomic E-state index is 11.5. The third kappa shape index (κ3) is 11.2. The molecule has 0 aliphatic heterocycles. The van der Waals surface area contributed by atoms with Gasteiger partial charge < -0.3 is 9.84 Å². The van der Waals surface area contributed by atoms with Crippen LogP contribution in [0.1, 0.15) is 110 Å². The molecular weight excluding hydrogens is 560 g/mol. The van der Waals surface area contributed by atoms with Gasteiger partial charge in [-0.1, -0.05) is 128 Å². The number of aromatic hydroxyl groups is 1. The summed E-state index contributed by atoms with van der Waals surface area (Å²) in [4.78, 5) is 21.1. The molecule has 10 heteroatoms. The number of nitro benzene ring substituents is 2. The maximum absolute atomic E-state index is 11.5. The van der Waals surface area contributed by atoms with Crippen LogP contribution in [0.15, 0.2) is 58.8 Å². The highest BCUT2D eigenvalue weighted by molar-refractivity contribution is 5.98. The molecule has 0 saturated heterocycles. The van der Waals surface area contributed by atoms with E-state index in [4.69, 9.17) is 4.74 Å². The highest BCUT2D eigenvalue weighted by Gasteiger charge is 2.20. The lowest BCUT2D eigenvalue weighted by Crippen LogP contribution is -1.98. The molecule has 3 aromatic rings.